The van der Waals surface area contributed by atoms with Crippen molar-refractivity contribution in [3.05, 3.63) is 72.0 Å². The van der Waals surface area contributed by atoms with Crippen LogP contribution in [0.3, 0.4) is 0 Å². The number of fused-ring (bicyclic) bond motifs is 1. The molecule has 2 aromatic carbocycles. The van der Waals surface area contributed by atoms with E-state index >= 15 is 0 Å². The Morgan fingerprint density at radius 1 is 1.03 bits per heavy atom. The summed E-state index contributed by atoms with van der Waals surface area (Å²) >= 11 is 0. The molecule has 176 valence electrons. The zero-order valence-corrected chi connectivity index (χ0v) is 19.3. The quantitative estimate of drug-likeness (QED) is 0.400. The van der Waals surface area contributed by atoms with E-state index in [-0.39, 0.29) is 36.9 Å². The summed E-state index contributed by atoms with van der Waals surface area (Å²) in [4.78, 5) is 12.1. The zero-order valence-electron chi connectivity index (χ0n) is 19.3. The highest BCUT2D eigenvalue weighted by molar-refractivity contribution is 5.77. The Balaban J connectivity index is 1.26. The molecule has 0 aliphatic rings. The van der Waals surface area contributed by atoms with Crippen LogP contribution in [-0.4, -0.2) is 45.5 Å². The average Bonchev–Trinajstić information content (AvgIpc) is 3.23. The number of nitrogens with zero attached hydrogens (tertiary/aromatic N) is 4. The van der Waals surface area contributed by atoms with Crippen LogP contribution >= 0.6 is 0 Å². The van der Waals surface area contributed by atoms with E-state index in [1.165, 1.54) is 22.2 Å². The Bertz CT molecular complexity index is 1280. The van der Waals surface area contributed by atoms with Gasteiger partial charge in [0.1, 0.15) is 18.2 Å². The van der Waals surface area contributed by atoms with Gasteiger partial charge < -0.3 is 14.8 Å². The summed E-state index contributed by atoms with van der Waals surface area (Å²) in [6, 6.07) is 17.1. The molecule has 34 heavy (non-hydrogen) atoms. The van der Waals surface area contributed by atoms with Gasteiger partial charge in [0, 0.05) is 11.6 Å². The maximum Gasteiger partial charge on any atom is 0.258 e. The standard InChI is InChI=1S/C25H26FN5O3/c1-25(2,3)18-7-9-20(10-8-18)34-16-22(32)27-13-14-33-23-12-11-21-28-29-24(31(21)30-23)17-5-4-6-19(26)15-17/h4-12,15H,13-14,16H2,1-3H3,(H,27,32). The van der Waals surface area contributed by atoms with Crippen molar-refractivity contribution in [3.63, 3.8) is 0 Å². The molecule has 2 heterocycles. The summed E-state index contributed by atoms with van der Waals surface area (Å²) in [5.74, 6) is 0.748. The first kappa shape index (κ1) is 23.2. The summed E-state index contributed by atoms with van der Waals surface area (Å²) in [6.07, 6.45) is 0. The van der Waals surface area contributed by atoms with E-state index in [1.54, 1.807) is 24.3 Å². The van der Waals surface area contributed by atoms with Crippen LogP contribution < -0.4 is 14.8 Å². The lowest BCUT2D eigenvalue weighted by molar-refractivity contribution is -0.123. The molecule has 4 rings (SSSR count). The first-order chi connectivity index (χ1) is 16.3. The molecule has 2 aromatic heterocycles. The second-order valence-corrected chi connectivity index (χ2v) is 8.74. The molecule has 0 aliphatic carbocycles. The van der Waals surface area contributed by atoms with Crippen molar-refractivity contribution in [2.24, 2.45) is 0 Å². The predicted octanol–water partition coefficient (Wildman–Crippen LogP) is 3.80. The van der Waals surface area contributed by atoms with Crippen LogP contribution in [0.2, 0.25) is 0 Å². The number of rotatable bonds is 8. The van der Waals surface area contributed by atoms with Crippen LogP contribution in [0.15, 0.2) is 60.7 Å². The molecule has 0 radical (unpaired) electrons. The third-order valence-corrected chi connectivity index (χ3v) is 5.09. The molecule has 0 spiro atoms. The van der Waals surface area contributed by atoms with E-state index in [0.717, 1.165) is 0 Å². The number of hydrogen-bond acceptors (Lipinski definition) is 6. The molecule has 8 nitrogen and oxygen atoms in total. The van der Waals surface area contributed by atoms with Crippen molar-refractivity contribution >= 4 is 11.6 Å². The second-order valence-electron chi connectivity index (χ2n) is 8.74. The Labute approximate surface area is 196 Å². The van der Waals surface area contributed by atoms with Gasteiger partial charge in [-0.15, -0.1) is 15.3 Å². The number of ether oxygens (including phenoxy) is 2. The molecule has 0 atom stereocenters. The first-order valence-electron chi connectivity index (χ1n) is 10.9. The molecule has 4 aromatic rings. The predicted molar refractivity (Wildman–Crippen MR) is 125 cm³/mol. The molecular weight excluding hydrogens is 437 g/mol. The Kier molecular flexibility index (Phi) is 6.72. The lowest BCUT2D eigenvalue weighted by Gasteiger charge is -2.19. The minimum Gasteiger partial charge on any atom is -0.484 e. The molecule has 0 aliphatic heterocycles. The maximum atomic E-state index is 13.6. The summed E-state index contributed by atoms with van der Waals surface area (Å²) in [5, 5.41) is 15.2. The van der Waals surface area contributed by atoms with Crippen molar-refractivity contribution in [1.82, 2.24) is 25.1 Å². The van der Waals surface area contributed by atoms with E-state index in [4.69, 9.17) is 9.47 Å². The molecular formula is C25H26FN5O3. The van der Waals surface area contributed by atoms with Crippen molar-refractivity contribution in [3.8, 4) is 23.0 Å². The number of carbonyl (C=O) groups is 1. The molecule has 1 amide bonds. The highest BCUT2D eigenvalue weighted by Gasteiger charge is 2.14. The number of halogens is 1. The number of benzene rings is 2. The van der Waals surface area contributed by atoms with Gasteiger partial charge in [-0.3, -0.25) is 4.79 Å². The largest absolute Gasteiger partial charge is 0.484 e. The molecule has 0 saturated heterocycles. The van der Waals surface area contributed by atoms with Crippen molar-refractivity contribution < 1.29 is 18.7 Å². The normalized spacial score (nSPS) is 11.4. The zero-order chi connectivity index (χ0) is 24.1. The first-order valence-corrected chi connectivity index (χ1v) is 10.9. The van der Waals surface area contributed by atoms with Gasteiger partial charge >= 0.3 is 0 Å². The number of hydrogen-bond donors (Lipinski definition) is 1. The summed E-state index contributed by atoms with van der Waals surface area (Å²) in [7, 11) is 0. The van der Waals surface area contributed by atoms with Crippen molar-refractivity contribution in [2.45, 2.75) is 26.2 Å². The fourth-order valence-electron chi connectivity index (χ4n) is 3.25. The monoisotopic (exact) mass is 463 g/mol. The molecule has 0 unspecified atom stereocenters. The molecule has 0 fully saturated rings. The average molecular weight is 464 g/mol. The Hall–Kier alpha value is -4.01. The fourth-order valence-corrected chi connectivity index (χ4v) is 3.25. The SMILES string of the molecule is CC(C)(C)c1ccc(OCC(=O)NCCOc2ccc3nnc(-c4cccc(F)c4)n3n2)cc1. The summed E-state index contributed by atoms with van der Waals surface area (Å²) < 4.78 is 26.2. The Morgan fingerprint density at radius 2 is 1.82 bits per heavy atom. The number of aromatic nitrogens is 4. The number of amides is 1. The van der Waals surface area contributed by atoms with Gasteiger partial charge in [0.15, 0.2) is 18.1 Å². The van der Waals surface area contributed by atoms with Gasteiger partial charge in [-0.25, -0.2) is 4.39 Å². The van der Waals surface area contributed by atoms with Gasteiger partial charge in [-0.2, -0.15) is 4.52 Å². The third-order valence-electron chi connectivity index (χ3n) is 5.09. The van der Waals surface area contributed by atoms with E-state index in [0.29, 0.717) is 28.7 Å². The maximum absolute atomic E-state index is 13.6. The van der Waals surface area contributed by atoms with Crippen molar-refractivity contribution in [1.29, 1.82) is 0 Å². The van der Waals surface area contributed by atoms with Crippen LogP contribution in [0.5, 0.6) is 11.6 Å². The molecule has 0 saturated carbocycles. The molecule has 0 bridgehead atoms. The lowest BCUT2D eigenvalue weighted by Crippen LogP contribution is -2.32. The summed E-state index contributed by atoms with van der Waals surface area (Å²) in [5.41, 5.74) is 2.32. The van der Waals surface area contributed by atoms with Gasteiger partial charge in [0.25, 0.3) is 5.91 Å². The topological polar surface area (TPSA) is 90.6 Å². The highest BCUT2D eigenvalue weighted by atomic mass is 19.1. The van der Waals surface area contributed by atoms with E-state index < -0.39 is 0 Å². The van der Waals surface area contributed by atoms with Crippen LogP contribution in [0, 0.1) is 5.82 Å². The highest BCUT2D eigenvalue weighted by Crippen LogP contribution is 2.24. The Morgan fingerprint density at radius 3 is 2.56 bits per heavy atom. The molecule has 1 N–H and O–H groups in total. The van der Waals surface area contributed by atoms with Gasteiger partial charge in [0.05, 0.1) is 6.54 Å². The minimum atomic E-state index is -0.372. The van der Waals surface area contributed by atoms with Gasteiger partial charge in [-0.05, 0) is 41.3 Å². The van der Waals surface area contributed by atoms with Gasteiger partial charge in [-0.1, -0.05) is 45.0 Å². The smallest absolute Gasteiger partial charge is 0.258 e. The number of nitrogens with one attached hydrogen (secondary N) is 1. The number of carbonyl (C=O) groups excluding carboxylic acids is 1. The molecule has 9 heteroatoms. The van der Waals surface area contributed by atoms with Crippen LogP contribution in [0.25, 0.3) is 17.0 Å². The lowest BCUT2D eigenvalue weighted by atomic mass is 9.87. The van der Waals surface area contributed by atoms with E-state index in [1.807, 2.05) is 24.3 Å². The van der Waals surface area contributed by atoms with Crippen molar-refractivity contribution in [2.75, 3.05) is 19.8 Å². The third kappa shape index (κ3) is 5.67. The summed E-state index contributed by atoms with van der Waals surface area (Å²) in [6.45, 7) is 6.83. The van der Waals surface area contributed by atoms with Gasteiger partial charge in [0.2, 0.25) is 5.88 Å². The van der Waals surface area contributed by atoms with Crippen LogP contribution in [0.1, 0.15) is 26.3 Å². The van der Waals surface area contributed by atoms with E-state index in [9.17, 15) is 9.18 Å². The fraction of sp³-hybridized carbons (Fsp3) is 0.280. The van der Waals surface area contributed by atoms with Crippen LogP contribution in [0.4, 0.5) is 4.39 Å². The van der Waals surface area contributed by atoms with E-state index in [2.05, 4.69) is 41.4 Å². The van der Waals surface area contributed by atoms with Crippen LogP contribution in [-0.2, 0) is 10.2 Å². The second kappa shape index (κ2) is 9.86. The minimum absolute atomic E-state index is 0.0602.